The number of fused-ring (bicyclic) bond motifs is 1. The molecule has 1 aromatic rings. The highest BCUT2D eigenvalue weighted by molar-refractivity contribution is 6.21. The molecule has 80 valence electrons. The number of rotatable bonds is 2. The van der Waals surface area contributed by atoms with Crippen molar-refractivity contribution in [2.45, 2.75) is 0 Å². The molecule has 1 heterocycles. The summed E-state index contributed by atoms with van der Waals surface area (Å²) in [6.07, 6.45) is 5.12. The predicted molar refractivity (Wildman–Crippen MR) is 60.2 cm³/mol. The van der Waals surface area contributed by atoms with Crippen LogP contribution in [0, 0.1) is 12.3 Å². The van der Waals surface area contributed by atoms with E-state index in [2.05, 4.69) is 11.2 Å². The van der Waals surface area contributed by atoms with Crippen molar-refractivity contribution in [1.82, 2.24) is 4.90 Å². The van der Waals surface area contributed by atoms with E-state index >= 15 is 0 Å². The Hall–Kier alpha value is -2.28. The van der Waals surface area contributed by atoms with Gasteiger partial charge in [-0.15, -0.1) is 6.42 Å². The molecule has 0 saturated heterocycles. The Morgan fingerprint density at radius 1 is 1.31 bits per heavy atom. The highest BCUT2D eigenvalue weighted by Crippen LogP contribution is 2.24. The van der Waals surface area contributed by atoms with Gasteiger partial charge < -0.3 is 5.32 Å². The third kappa shape index (κ3) is 1.43. The number of nitrogens with zero attached hydrogens (tertiary/aromatic N) is 1. The number of imide groups is 1. The summed E-state index contributed by atoms with van der Waals surface area (Å²) in [6.45, 7) is 0.386. The molecular formula is C12H10N2O2. The zero-order valence-corrected chi connectivity index (χ0v) is 8.78. The molecule has 2 rings (SSSR count). The minimum atomic E-state index is -0.274. The molecule has 0 aromatic heterocycles. The number of carbonyl (C=O) groups is 2. The summed E-state index contributed by atoms with van der Waals surface area (Å²) >= 11 is 0. The average Bonchev–Trinajstić information content (AvgIpc) is 2.52. The van der Waals surface area contributed by atoms with E-state index in [1.54, 1.807) is 18.2 Å². The predicted octanol–water partition coefficient (Wildman–Crippen LogP) is 0.957. The zero-order chi connectivity index (χ0) is 11.7. The molecule has 1 N–H and O–H groups in total. The van der Waals surface area contributed by atoms with Gasteiger partial charge in [0.05, 0.1) is 17.7 Å². The molecular weight excluding hydrogens is 204 g/mol. The number of carbonyl (C=O) groups excluding carboxylic acids is 2. The van der Waals surface area contributed by atoms with Crippen LogP contribution in [-0.4, -0.2) is 30.3 Å². The highest BCUT2D eigenvalue weighted by atomic mass is 16.2. The van der Waals surface area contributed by atoms with Gasteiger partial charge in [-0.2, -0.15) is 0 Å². The molecule has 0 unspecified atom stereocenters. The molecule has 16 heavy (non-hydrogen) atoms. The summed E-state index contributed by atoms with van der Waals surface area (Å²) in [7, 11) is 1.47. The standard InChI is InChI=1S/C12H10N2O2/c1-3-6-13-8-4-5-9-10(7-8)12(16)14(2)11(9)15/h1,4-5,7,13H,6H2,2H3. The lowest BCUT2D eigenvalue weighted by Gasteiger charge is -2.03. The van der Waals surface area contributed by atoms with Gasteiger partial charge in [0.1, 0.15) is 0 Å². The minimum absolute atomic E-state index is 0.261. The van der Waals surface area contributed by atoms with Crippen molar-refractivity contribution in [3.8, 4) is 12.3 Å². The van der Waals surface area contributed by atoms with E-state index in [9.17, 15) is 9.59 Å². The highest BCUT2D eigenvalue weighted by Gasteiger charge is 2.32. The van der Waals surface area contributed by atoms with Gasteiger partial charge in [0.2, 0.25) is 0 Å². The van der Waals surface area contributed by atoms with Crippen LogP contribution in [0.2, 0.25) is 0 Å². The van der Waals surface area contributed by atoms with E-state index in [-0.39, 0.29) is 11.8 Å². The maximum Gasteiger partial charge on any atom is 0.261 e. The van der Waals surface area contributed by atoms with Crippen LogP contribution >= 0.6 is 0 Å². The molecule has 0 fully saturated rings. The van der Waals surface area contributed by atoms with Crippen molar-refractivity contribution in [2.75, 3.05) is 18.9 Å². The first-order chi connectivity index (χ1) is 7.65. The van der Waals surface area contributed by atoms with Gasteiger partial charge in [0.25, 0.3) is 11.8 Å². The first-order valence-electron chi connectivity index (χ1n) is 4.79. The minimum Gasteiger partial charge on any atom is -0.374 e. The Labute approximate surface area is 93.2 Å². The Kier molecular flexibility index (Phi) is 2.37. The van der Waals surface area contributed by atoms with E-state index in [4.69, 9.17) is 6.42 Å². The summed E-state index contributed by atoms with van der Waals surface area (Å²) in [5, 5.41) is 2.96. The maximum absolute atomic E-state index is 11.7. The van der Waals surface area contributed by atoms with Gasteiger partial charge in [-0.05, 0) is 18.2 Å². The van der Waals surface area contributed by atoms with Crippen LogP contribution < -0.4 is 5.32 Å². The van der Waals surface area contributed by atoms with Crippen LogP contribution in [-0.2, 0) is 0 Å². The van der Waals surface area contributed by atoms with Gasteiger partial charge in [-0.3, -0.25) is 14.5 Å². The van der Waals surface area contributed by atoms with Crippen LogP contribution in [0.3, 0.4) is 0 Å². The number of nitrogens with one attached hydrogen (secondary N) is 1. The molecule has 1 aliphatic heterocycles. The fourth-order valence-corrected chi connectivity index (χ4v) is 1.62. The molecule has 0 aliphatic carbocycles. The average molecular weight is 214 g/mol. The van der Waals surface area contributed by atoms with Crippen LogP contribution in [0.15, 0.2) is 18.2 Å². The monoisotopic (exact) mass is 214 g/mol. The van der Waals surface area contributed by atoms with Crippen molar-refractivity contribution >= 4 is 17.5 Å². The largest absolute Gasteiger partial charge is 0.374 e. The van der Waals surface area contributed by atoms with E-state index < -0.39 is 0 Å². The van der Waals surface area contributed by atoms with Gasteiger partial charge in [0.15, 0.2) is 0 Å². The Balaban J connectivity index is 2.38. The second-order valence-corrected chi connectivity index (χ2v) is 3.49. The number of hydrogen-bond acceptors (Lipinski definition) is 3. The number of hydrogen-bond donors (Lipinski definition) is 1. The van der Waals surface area contributed by atoms with Gasteiger partial charge in [0, 0.05) is 12.7 Å². The molecule has 0 saturated carbocycles. The fraction of sp³-hybridized carbons (Fsp3) is 0.167. The molecule has 0 spiro atoms. The smallest absolute Gasteiger partial charge is 0.261 e. The molecule has 0 radical (unpaired) electrons. The lowest BCUT2D eigenvalue weighted by Crippen LogP contribution is -2.24. The third-order valence-corrected chi connectivity index (χ3v) is 2.48. The van der Waals surface area contributed by atoms with Crippen molar-refractivity contribution < 1.29 is 9.59 Å². The number of anilines is 1. The third-order valence-electron chi connectivity index (χ3n) is 2.48. The number of terminal acetylenes is 1. The topological polar surface area (TPSA) is 49.4 Å². The normalized spacial score (nSPS) is 13.6. The van der Waals surface area contributed by atoms with Crippen LogP contribution in [0.5, 0.6) is 0 Å². The van der Waals surface area contributed by atoms with Crippen molar-refractivity contribution in [3.63, 3.8) is 0 Å². The van der Waals surface area contributed by atoms with Gasteiger partial charge in [-0.25, -0.2) is 0 Å². The van der Waals surface area contributed by atoms with Crippen LogP contribution in [0.25, 0.3) is 0 Å². The molecule has 2 amide bonds. The van der Waals surface area contributed by atoms with Crippen molar-refractivity contribution in [1.29, 1.82) is 0 Å². The number of amides is 2. The second-order valence-electron chi connectivity index (χ2n) is 3.49. The summed E-state index contributed by atoms with van der Waals surface area (Å²) < 4.78 is 0. The fourth-order valence-electron chi connectivity index (χ4n) is 1.62. The van der Waals surface area contributed by atoms with E-state index in [1.807, 2.05) is 0 Å². The second kappa shape index (κ2) is 3.70. The molecule has 0 bridgehead atoms. The molecule has 4 heteroatoms. The Morgan fingerprint density at radius 3 is 2.69 bits per heavy atom. The van der Waals surface area contributed by atoms with Crippen LogP contribution in [0.1, 0.15) is 20.7 Å². The molecule has 1 aromatic carbocycles. The SMILES string of the molecule is C#CCNc1ccc2c(c1)C(=O)N(C)C2=O. The lowest BCUT2D eigenvalue weighted by molar-refractivity contribution is 0.0693. The maximum atomic E-state index is 11.7. The summed E-state index contributed by atoms with van der Waals surface area (Å²) in [5.74, 6) is 1.90. The molecule has 0 atom stereocenters. The van der Waals surface area contributed by atoms with Crippen molar-refractivity contribution in [2.24, 2.45) is 0 Å². The van der Waals surface area contributed by atoms with Gasteiger partial charge >= 0.3 is 0 Å². The van der Waals surface area contributed by atoms with E-state index in [1.165, 1.54) is 7.05 Å². The van der Waals surface area contributed by atoms with Gasteiger partial charge in [-0.1, -0.05) is 5.92 Å². The first kappa shape index (κ1) is 10.2. The zero-order valence-electron chi connectivity index (χ0n) is 8.78. The quantitative estimate of drug-likeness (QED) is 0.589. The van der Waals surface area contributed by atoms with Crippen molar-refractivity contribution in [3.05, 3.63) is 29.3 Å². The number of benzene rings is 1. The summed E-state index contributed by atoms with van der Waals surface area (Å²) in [5.41, 5.74) is 1.61. The van der Waals surface area contributed by atoms with Crippen LogP contribution in [0.4, 0.5) is 5.69 Å². The summed E-state index contributed by atoms with van der Waals surface area (Å²) in [4.78, 5) is 24.4. The first-order valence-corrected chi connectivity index (χ1v) is 4.79. The Bertz CT molecular complexity index is 514. The lowest BCUT2D eigenvalue weighted by atomic mass is 10.1. The molecule has 4 nitrogen and oxygen atoms in total. The Morgan fingerprint density at radius 2 is 2.00 bits per heavy atom. The molecule has 1 aliphatic rings. The van der Waals surface area contributed by atoms with E-state index in [0.717, 1.165) is 10.6 Å². The summed E-state index contributed by atoms with van der Waals surface area (Å²) in [6, 6.07) is 5.02. The van der Waals surface area contributed by atoms with E-state index in [0.29, 0.717) is 17.7 Å².